The second-order valence-corrected chi connectivity index (χ2v) is 2.78. The average Bonchev–Trinajstić information content (AvgIpc) is 2.40. The molecule has 0 heterocycles. The Morgan fingerprint density at radius 3 is 1.58 bits per heavy atom. The van der Waals surface area contributed by atoms with Gasteiger partial charge in [0, 0.05) is 0 Å². The predicted molar refractivity (Wildman–Crippen MR) is 48.0 cm³/mol. The third-order valence-corrected chi connectivity index (χ3v) is 0.556. The normalized spacial score (nSPS) is 7.00. The summed E-state index contributed by atoms with van der Waals surface area (Å²) in [5.41, 5.74) is 0. The summed E-state index contributed by atoms with van der Waals surface area (Å²) in [6.45, 7) is 6.25. The van der Waals surface area contributed by atoms with Gasteiger partial charge in [-0.2, -0.15) is 39.0 Å². The standard InChI is InChI=1S/C5H5.C4H9.CO.Mn/c1-2-4-5-3-1;1-4(2)3;1-2;/h1-5H;1-3H3;;/q2*-1;;. The van der Waals surface area contributed by atoms with Crippen LogP contribution in [-0.4, -0.2) is 4.79 Å². The van der Waals surface area contributed by atoms with E-state index in [0.29, 0.717) is 0 Å². The minimum atomic E-state index is 1.31. The smallest absolute Gasteiger partial charge is 0.172 e. The molecule has 0 aliphatic carbocycles. The fourth-order valence-electron chi connectivity index (χ4n) is 0.321. The van der Waals surface area contributed by atoms with Gasteiger partial charge in [-0.1, -0.05) is 0 Å². The minimum Gasteiger partial charge on any atom is -0.214 e. The number of rotatable bonds is 0. The van der Waals surface area contributed by atoms with E-state index in [4.69, 9.17) is 4.79 Å². The van der Waals surface area contributed by atoms with Crippen molar-refractivity contribution in [1.29, 1.82) is 0 Å². The molecule has 0 fully saturated rings. The Hall–Kier alpha value is -0.551. The molecule has 0 aliphatic heterocycles. The molecule has 0 radical (unpaired) electrons. The zero-order valence-electron chi connectivity index (χ0n) is 7.67. The first-order chi connectivity index (χ1) is 5.65. The van der Waals surface area contributed by atoms with Gasteiger partial charge in [0.1, 0.15) is 0 Å². The summed E-state index contributed by atoms with van der Waals surface area (Å²) in [7, 11) is 0. The van der Waals surface area contributed by atoms with E-state index in [9.17, 15) is 0 Å². The van der Waals surface area contributed by atoms with Crippen molar-refractivity contribution in [3.8, 4) is 0 Å². The van der Waals surface area contributed by atoms with E-state index in [1.807, 2.05) is 30.3 Å². The minimum absolute atomic E-state index is 1.31. The van der Waals surface area contributed by atoms with Crippen LogP contribution in [0.3, 0.4) is 0 Å². The van der Waals surface area contributed by atoms with Crippen LogP contribution < -0.4 is 0 Å². The van der Waals surface area contributed by atoms with Crippen LogP contribution in [0.15, 0.2) is 30.3 Å². The third kappa shape index (κ3) is 34.1. The second kappa shape index (κ2) is 13.1. The molecule has 1 aromatic rings. The van der Waals surface area contributed by atoms with Crippen molar-refractivity contribution in [3.05, 3.63) is 36.2 Å². The molecular weight excluding hydrogens is 191 g/mol. The molecule has 1 nitrogen and oxygen atoms in total. The summed E-state index contributed by atoms with van der Waals surface area (Å²) < 4.78 is 0. The molecule has 2 heteroatoms. The Kier molecular flexibility index (Phi) is 15.2. The van der Waals surface area contributed by atoms with Crippen LogP contribution in [-0.2, 0) is 20.4 Å². The molecule has 0 unspecified atom stereocenters. The molecule has 0 saturated heterocycles. The van der Waals surface area contributed by atoms with E-state index in [2.05, 4.69) is 36.3 Å². The van der Waals surface area contributed by atoms with Crippen molar-refractivity contribution in [1.82, 2.24) is 0 Å². The van der Waals surface area contributed by atoms with Crippen molar-refractivity contribution in [2.24, 2.45) is 0 Å². The molecular formula is C10H14MnO-2. The fraction of sp³-hybridized carbons (Fsp3) is 0.300. The maximum Gasteiger partial charge on any atom is -0.172 e. The van der Waals surface area contributed by atoms with Crippen molar-refractivity contribution >= 4 is 4.79 Å². The quantitative estimate of drug-likeness (QED) is 0.470. The molecule has 0 aliphatic rings. The van der Waals surface area contributed by atoms with Crippen LogP contribution in [0.5, 0.6) is 0 Å². The Labute approximate surface area is 82.5 Å². The van der Waals surface area contributed by atoms with Gasteiger partial charge >= 0.3 is 25.2 Å². The maximum absolute atomic E-state index is 8.60. The zero-order valence-corrected chi connectivity index (χ0v) is 8.85. The van der Waals surface area contributed by atoms with Crippen LogP contribution in [0.1, 0.15) is 20.8 Å². The van der Waals surface area contributed by atoms with E-state index in [0.717, 1.165) is 0 Å². The van der Waals surface area contributed by atoms with Gasteiger partial charge in [0.15, 0.2) is 0 Å². The van der Waals surface area contributed by atoms with Crippen LogP contribution >= 0.6 is 0 Å². The Morgan fingerprint density at radius 1 is 1.25 bits per heavy atom. The Morgan fingerprint density at radius 2 is 1.50 bits per heavy atom. The molecule has 0 bridgehead atoms. The van der Waals surface area contributed by atoms with E-state index >= 15 is 0 Å². The number of hydrogen-bond acceptors (Lipinski definition) is 1. The summed E-state index contributed by atoms with van der Waals surface area (Å²) in [5, 5.41) is 0. The van der Waals surface area contributed by atoms with Gasteiger partial charge in [0.25, 0.3) is 0 Å². The number of carbonyl (C=O) groups excluding carboxylic acids is 1. The van der Waals surface area contributed by atoms with E-state index < -0.39 is 0 Å². The summed E-state index contributed by atoms with van der Waals surface area (Å²) in [4.78, 5) is 9.91. The molecule has 1 aromatic carbocycles. The van der Waals surface area contributed by atoms with Crippen molar-refractivity contribution in [2.45, 2.75) is 20.8 Å². The second-order valence-electron chi connectivity index (χ2n) is 2.54. The van der Waals surface area contributed by atoms with Gasteiger partial charge in [-0.25, -0.2) is 12.1 Å². The molecule has 0 N–H and O–H groups in total. The first-order valence-corrected chi connectivity index (χ1v) is 4.15. The zero-order chi connectivity index (χ0) is 9.82. The molecule has 12 heavy (non-hydrogen) atoms. The third-order valence-electron chi connectivity index (χ3n) is 0.556. The first kappa shape index (κ1) is 14.0. The fourth-order valence-corrected chi connectivity index (χ4v) is 0.321. The van der Waals surface area contributed by atoms with Gasteiger partial charge in [0.2, 0.25) is 0 Å². The van der Waals surface area contributed by atoms with Gasteiger partial charge in [-0.05, 0) is 0 Å². The molecule has 69 valence electrons. The van der Waals surface area contributed by atoms with Gasteiger partial charge in [-0.3, -0.25) is 0 Å². The summed E-state index contributed by atoms with van der Waals surface area (Å²) in [6.07, 6.45) is 0. The average molecular weight is 205 g/mol. The van der Waals surface area contributed by atoms with Crippen molar-refractivity contribution in [3.63, 3.8) is 0 Å². The monoisotopic (exact) mass is 205 g/mol. The Balaban J connectivity index is 0. The predicted octanol–water partition coefficient (Wildman–Crippen LogP) is 2.63. The summed E-state index contributed by atoms with van der Waals surface area (Å²) in [5.74, 6) is 1.42. The van der Waals surface area contributed by atoms with E-state index in [1.165, 1.54) is 10.7 Å². The molecule has 0 spiro atoms. The number of hydrogen-bond donors (Lipinski definition) is 0. The summed E-state index contributed by atoms with van der Waals surface area (Å²) in [6, 6.07) is 10.0. The first-order valence-electron chi connectivity index (χ1n) is 3.56. The van der Waals surface area contributed by atoms with E-state index in [1.54, 1.807) is 0 Å². The van der Waals surface area contributed by atoms with Crippen molar-refractivity contribution < 1.29 is 20.4 Å². The summed E-state index contributed by atoms with van der Waals surface area (Å²) >= 11 is 2.34. The maximum atomic E-state index is 8.60. The molecule has 0 atom stereocenters. The van der Waals surface area contributed by atoms with Crippen molar-refractivity contribution in [2.75, 3.05) is 0 Å². The van der Waals surface area contributed by atoms with Crippen LogP contribution in [0.2, 0.25) is 0 Å². The van der Waals surface area contributed by atoms with E-state index in [-0.39, 0.29) is 0 Å². The molecule has 0 aromatic heterocycles. The largest absolute Gasteiger partial charge is 0.214 e. The van der Waals surface area contributed by atoms with Crippen LogP contribution in [0.4, 0.5) is 0 Å². The SMILES string of the molecule is C[C-](C)C.O=[C]=[Mn].c1cc[cH-]c1. The van der Waals surface area contributed by atoms with Crippen LogP contribution in [0, 0.1) is 5.92 Å². The molecule has 0 saturated carbocycles. The van der Waals surface area contributed by atoms with Crippen LogP contribution in [0.25, 0.3) is 0 Å². The molecule has 0 amide bonds. The van der Waals surface area contributed by atoms with Gasteiger partial charge in [0.05, 0.1) is 0 Å². The van der Waals surface area contributed by atoms with Gasteiger partial charge in [-0.15, -0.1) is 0 Å². The van der Waals surface area contributed by atoms with Gasteiger partial charge < -0.3 is 5.92 Å². The Bertz CT molecular complexity index is 152. The molecule has 1 rings (SSSR count). The topological polar surface area (TPSA) is 17.1 Å².